The minimum absolute atomic E-state index is 0.0182. The fraction of sp³-hybridized carbons (Fsp3) is 0.471. The Morgan fingerprint density at radius 1 is 1.38 bits per heavy atom. The zero-order valence-electron chi connectivity index (χ0n) is 14.4. The molecule has 130 valence electrons. The number of carbonyl (C=O) groups is 1. The molecule has 1 aromatic carbocycles. The molecule has 24 heavy (non-hydrogen) atoms. The molecule has 1 unspecified atom stereocenters. The van der Waals surface area contributed by atoms with E-state index in [2.05, 4.69) is 46.7 Å². The molecule has 6 nitrogen and oxygen atoms in total. The van der Waals surface area contributed by atoms with Crippen molar-refractivity contribution in [1.29, 1.82) is 0 Å². The van der Waals surface area contributed by atoms with Crippen LogP contribution in [-0.2, 0) is 22.5 Å². The zero-order chi connectivity index (χ0) is 17.4. The van der Waals surface area contributed by atoms with Crippen LogP contribution >= 0.6 is 11.8 Å². The number of benzene rings is 1. The van der Waals surface area contributed by atoms with Gasteiger partial charge in [0.05, 0.1) is 18.4 Å². The fourth-order valence-electron chi connectivity index (χ4n) is 2.24. The summed E-state index contributed by atoms with van der Waals surface area (Å²) in [5.41, 5.74) is 2.40. The number of hydrogen-bond donors (Lipinski definition) is 1. The van der Waals surface area contributed by atoms with Crippen molar-refractivity contribution in [2.45, 2.75) is 38.0 Å². The van der Waals surface area contributed by atoms with E-state index in [9.17, 15) is 4.79 Å². The molecular formula is C17H24N4O2S. The Morgan fingerprint density at radius 2 is 2.12 bits per heavy atom. The maximum Gasteiger partial charge on any atom is 0.230 e. The second kappa shape index (κ2) is 9.44. The maximum absolute atomic E-state index is 12.2. The van der Waals surface area contributed by atoms with Gasteiger partial charge in [0.1, 0.15) is 6.33 Å². The number of ether oxygens (including phenoxy) is 1. The molecule has 0 radical (unpaired) electrons. The number of carbonyl (C=O) groups excluding carboxylic acids is 1. The van der Waals surface area contributed by atoms with Gasteiger partial charge in [-0.3, -0.25) is 4.79 Å². The SMILES string of the molecule is CCc1ccc(C(C)NC(=O)CSc2nncn2CCOC)cc1. The summed E-state index contributed by atoms with van der Waals surface area (Å²) in [4.78, 5) is 12.2. The number of rotatable bonds is 9. The highest BCUT2D eigenvalue weighted by Gasteiger charge is 2.12. The minimum atomic E-state index is -0.0200. The highest BCUT2D eigenvalue weighted by molar-refractivity contribution is 7.99. The Kier molecular flexibility index (Phi) is 7.27. The smallest absolute Gasteiger partial charge is 0.230 e. The number of hydrogen-bond acceptors (Lipinski definition) is 5. The molecule has 1 amide bonds. The van der Waals surface area contributed by atoms with E-state index in [1.165, 1.54) is 17.3 Å². The molecule has 0 spiro atoms. The van der Waals surface area contributed by atoms with E-state index in [1.54, 1.807) is 13.4 Å². The van der Waals surface area contributed by atoms with E-state index in [0.717, 1.165) is 17.1 Å². The molecule has 0 saturated heterocycles. The first kappa shape index (κ1) is 18.5. The summed E-state index contributed by atoms with van der Waals surface area (Å²) in [7, 11) is 1.65. The second-order valence-electron chi connectivity index (χ2n) is 5.47. The third-order valence-electron chi connectivity index (χ3n) is 3.71. The van der Waals surface area contributed by atoms with Gasteiger partial charge in [-0.15, -0.1) is 10.2 Å². The molecule has 2 rings (SSSR count). The van der Waals surface area contributed by atoms with Crippen molar-refractivity contribution in [3.8, 4) is 0 Å². The van der Waals surface area contributed by atoms with E-state index in [0.29, 0.717) is 18.9 Å². The first-order chi connectivity index (χ1) is 11.6. The number of nitrogens with zero attached hydrogens (tertiary/aromatic N) is 3. The summed E-state index contributed by atoms with van der Waals surface area (Å²) < 4.78 is 6.93. The van der Waals surface area contributed by atoms with Crippen LogP contribution in [-0.4, -0.2) is 40.1 Å². The number of thioether (sulfide) groups is 1. The summed E-state index contributed by atoms with van der Waals surface area (Å²) in [5.74, 6) is 0.289. The van der Waals surface area contributed by atoms with E-state index < -0.39 is 0 Å². The average Bonchev–Trinajstić information content (AvgIpc) is 3.05. The third kappa shape index (κ3) is 5.35. The fourth-order valence-corrected chi connectivity index (χ4v) is 2.99. The van der Waals surface area contributed by atoms with Gasteiger partial charge in [-0.25, -0.2) is 0 Å². The van der Waals surface area contributed by atoms with Crippen molar-refractivity contribution >= 4 is 17.7 Å². The Hall–Kier alpha value is -1.86. The van der Waals surface area contributed by atoms with E-state index >= 15 is 0 Å². The lowest BCUT2D eigenvalue weighted by molar-refractivity contribution is -0.119. The lowest BCUT2D eigenvalue weighted by atomic mass is 10.1. The van der Waals surface area contributed by atoms with Crippen LogP contribution in [0.4, 0.5) is 0 Å². The first-order valence-electron chi connectivity index (χ1n) is 8.01. The van der Waals surface area contributed by atoms with Gasteiger partial charge in [0.2, 0.25) is 5.91 Å². The molecule has 0 bridgehead atoms. The number of amides is 1. The van der Waals surface area contributed by atoms with Crippen molar-refractivity contribution in [3.05, 3.63) is 41.7 Å². The Labute approximate surface area is 147 Å². The Morgan fingerprint density at radius 3 is 2.79 bits per heavy atom. The van der Waals surface area contributed by atoms with Crippen LogP contribution in [0.1, 0.15) is 31.0 Å². The van der Waals surface area contributed by atoms with Gasteiger partial charge in [-0.1, -0.05) is 43.0 Å². The van der Waals surface area contributed by atoms with Crippen LogP contribution in [0, 0.1) is 0 Å². The predicted octanol–water partition coefficient (Wildman–Crippen LogP) is 2.46. The monoisotopic (exact) mass is 348 g/mol. The molecule has 0 fully saturated rings. The van der Waals surface area contributed by atoms with Gasteiger partial charge < -0.3 is 14.6 Å². The Balaban J connectivity index is 1.83. The molecule has 1 atom stereocenters. The first-order valence-corrected chi connectivity index (χ1v) is 9.00. The molecule has 1 heterocycles. The molecule has 1 N–H and O–H groups in total. The molecule has 7 heteroatoms. The number of nitrogens with one attached hydrogen (secondary N) is 1. The molecule has 0 aliphatic heterocycles. The maximum atomic E-state index is 12.2. The van der Waals surface area contributed by atoms with Crippen LogP contribution in [0.3, 0.4) is 0 Å². The van der Waals surface area contributed by atoms with Gasteiger partial charge in [-0.2, -0.15) is 0 Å². The summed E-state index contributed by atoms with van der Waals surface area (Å²) >= 11 is 1.38. The van der Waals surface area contributed by atoms with E-state index in [-0.39, 0.29) is 11.9 Å². The van der Waals surface area contributed by atoms with Gasteiger partial charge >= 0.3 is 0 Å². The average molecular weight is 348 g/mol. The van der Waals surface area contributed by atoms with Crippen molar-refractivity contribution in [2.24, 2.45) is 0 Å². The van der Waals surface area contributed by atoms with E-state index in [1.807, 2.05) is 11.5 Å². The molecule has 0 saturated carbocycles. The summed E-state index contributed by atoms with van der Waals surface area (Å²) in [6, 6.07) is 8.32. The summed E-state index contributed by atoms with van der Waals surface area (Å²) in [6.07, 6.45) is 2.67. The lowest BCUT2D eigenvalue weighted by Crippen LogP contribution is -2.28. The number of methoxy groups -OCH3 is 1. The lowest BCUT2D eigenvalue weighted by Gasteiger charge is -2.14. The van der Waals surface area contributed by atoms with Crippen molar-refractivity contribution in [3.63, 3.8) is 0 Å². The van der Waals surface area contributed by atoms with E-state index in [4.69, 9.17) is 4.74 Å². The highest BCUT2D eigenvalue weighted by Crippen LogP contribution is 2.17. The van der Waals surface area contributed by atoms with Gasteiger partial charge in [0.25, 0.3) is 0 Å². The van der Waals surface area contributed by atoms with Crippen molar-refractivity contribution < 1.29 is 9.53 Å². The molecular weight excluding hydrogens is 324 g/mol. The quantitative estimate of drug-likeness (QED) is 0.705. The number of aromatic nitrogens is 3. The van der Waals surface area contributed by atoms with Crippen LogP contribution in [0.2, 0.25) is 0 Å². The third-order valence-corrected chi connectivity index (χ3v) is 4.70. The standard InChI is InChI=1S/C17H24N4O2S/c1-4-14-5-7-15(8-6-14)13(2)19-16(22)11-24-17-20-18-12-21(17)9-10-23-3/h5-8,12-13H,4,9-11H2,1-3H3,(H,19,22). The molecule has 0 aliphatic rings. The molecule has 1 aromatic heterocycles. The van der Waals surface area contributed by atoms with Crippen molar-refractivity contribution in [2.75, 3.05) is 19.5 Å². The van der Waals surface area contributed by atoms with Crippen LogP contribution in [0.15, 0.2) is 35.7 Å². The molecule has 2 aromatic rings. The van der Waals surface area contributed by atoms with Crippen LogP contribution < -0.4 is 5.32 Å². The Bertz CT molecular complexity index is 642. The minimum Gasteiger partial charge on any atom is -0.383 e. The number of aryl methyl sites for hydroxylation is 1. The van der Waals surface area contributed by atoms with Crippen LogP contribution in [0.5, 0.6) is 0 Å². The summed E-state index contributed by atoms with van der Waals surface area (Å²) in [5, 5.41) is 11.7. The largest absolute Gasteiger partial charge is 0.383 e. The predicted molar refractivity (Wildman–Crippen MR) is 95.0 cm³/mol. The second-order valence-corrected chi connectivity index (χ2v) is 6.42. The van der Waals surface area contributed by atoms with Crippen LogP contribution in [0.25, 0.3) is 0 Å². The normalized spacial score (nSPS) is 12.1. The topological polar surface area (TPSA) is 69.0 Å². The summed E-state index contributed by atoms with van der Waals surface area (Å²) in [6.45, 7) is 5.38. The molecule has 0 aliphatic carbocycles. The highest BCUT2D eigenvalue weighted by atomic mass is 32.2. The van der Waals surface area contributed by atoms with Gasteiger partial charge in [0.15, 0.2) is 5.16 Å². The zero-order valence-corrected chi connectivity index (χ0v) is 15.2. The van der Waals surface area contributed by atoms with Gasteiger partial charge in [-0.05, 0) is 24.5 Å². The van der Waals surface area contributed by atoms with Gasteiger partial charge in [0, 0.05) is 13.7 Å². The van der Waals surface area contributed by atoms with Crippen molar-refractivity contribution in [1.82, 2.24) is 20.1 Å².